The number of carbonyl (C=O) groups excluding carboxylic acids is 2. The Bertz CT molecular complexity index is 937. The molecule has 3 aromatic rings. The van der Waals surface area contributed by atoms with Gasteiger partial charge in [-0.3, -0.25) is 9.59 Å². The first-order valence-electron chi connectivity index (χ1n) is 7.47. The third kappa shape index (κ3) is 3.72. The summed E-state index contributed by atoms with van der Waals surface area (Å²) in [5.74, 6) is 0.284. The standard InChI is InChI=1S/C18H15N3O3S/c1-11(22)12-5-3-7-14(9-12)19-18(23)17-16(20-21-25-17)13-6-4-8-15(10-13)24-2/h3-10H,1-2H3,(H,19,23). The number of aromatic nitrogens is 2. The molecule has 1 aromatic heterocycles. The van der Waals surface area contributed by atoms with Gasteiger partial charge in [0.1, 0.15) is 16.3 Å². The van der Waals surface area contributed by atoms with Crippen LogP contribution in [0.1, 0.15) is 27.0 Å². The molecule has 0 radical (unpaired) electrons. The zero-order chi connectivity index (χ0) is 17.8. The van der Waals surface area contributed by atoms with Gasteiger partial charge in [0.15, 0.2) is 5.78 Å². The molecular formula is C18H15N3O3S. The maximum Gasteiger partial charge on any atom is 0.269 e. The largest absolute Gasteiger partial charge is 0.497 e. The van der Waals surface area contributed by atoms with Crippen LogP contribution < -0.4 is 10.1 Å². The normalized spacial score (nSPS) is 10.3. The van der Waals surface area contributed by atoms with Gasteiger partial charge in [0, 0.05) is 16.8 Å². The number of nitrogens with zero attached hydrogens (tertiary/aromatic N) is 2. The lowest BCUT2D eigenvalue weighted by molar-refractivity contribution is 0.101. The second-order valence-electron chi connectivity index (χ2n) is 5.27. The summed E-state index contributed by atoms with van der Waals surface area (Å²) in [5, 5.41) is 6.85. The average molecular weight is 353 g/mol. The molecule has 0 saturated heterocycles. The Morgan fingerprint density at radius 3 is 2.68 bits per heavy atom. The number of hydrogen-bond donors (Lipinski definition) is 1. The average Bonchev–Trinajstić information content (AvgIpc) is 3.12. The van der Waals surface area contributed by atoms with Crippen LogP contribution in [0, 0.1) is 0 Å². The predicted molar refractivity (Wildman–Crippen MR) is 96.3 cm³/mol. The highest BCUT2D eigenvalue weighted by molar-refractivity contribution is 7.08. The van der Waals surface area contributed by atoms with Crippen molar-refractivity contribution in [2.24, 2.45) is 0 Å². The van der Waals surface area contributed by atoms with E-state index in [1.54, 1.807) is 37.4 Å². The third-order valence-electron chi connectivity index (χ3n) is 3.56. The Kier molecular flexibility index (Phi) is 4.85. The Morgan fingerprint density at radius 2 is 1.92 bits per heavy atom. The zero-order valence-electron chi connectivity index (χ0n) is 13.6. The molecule has 126 valence electrons. The molecule has 0 aliphatic rings. The van der Waals surface area contributed by atoms with Gasteiger partial charge in [-0.1, -0.05) is 28.8 Å². The van der Waals surface area contributed by atoms with Crippen molar-refractivity contribution in [2.75, 3.05) is 12.4 Å². The highest BCUT2D eigenvalue weighted by atomic mass is 32.1. The number of benzene rings is 2. The van der Waals surface area contributed by atoms with E-state index in [1.165, 1.54) is 6.92 Å². The Balaban J connectivity index is 1.88. The van der Waals surface area contributed by atoms with E-state index in [0.29, 0.717) is 27.6 Å². The number of hydrogen-bond acceptors (Lipinski definition) is 6. The van der Waals surface area contributed by atoms with Gasteiger partial charge in [-0.15, -0.1) is 5.10 Å². The molecule has 7 heteroatoms. The molecule has 1 amide bonds. The van der Waals surface area contributed by atoms with Crippen molar-refractivity contribution in [3.05, 3.63) is 59.0 Å². The van der Waals surface area contributed by atoms with E-state index in [0.717, 1.165) is 17.1 Å². The summed E-state index contributed by atoms with van der Waals surface area (Å²) < 4.78 is 9.11. The van der Waals surface area contributed by atoms with Gasteiger partial charge in [0.05, 0.1) is 7.11 Å². The fourth-order valence-electron chi connectivity index (χ4n) is 2.30. The lowest BCUT2D eigenvalue weighted by Gasteiger charge is -2.07. The number of Topliss-reactive ketones (excluding diaryl/α,β-unsaturated/α-hetero) is 1. The van der Waals surface area contributed by atoms with Crippen LogP contribution in [0.5, 0.6) is 5.75 Å². The maximum absolute atomic E-state index is 12.6. The molecule has 0 spiro atoms. The van der Waals surface area contributed by atoms with Crippen molar-refractivity contribution in [3.8, 4) is 17.0 Å². The van der Waals surface area contributed by atoms with Crippen molar-refractivity contribution >= 4 is 28.9 Å². The van der Waals surface area contributed by atoms with Crippen molar-refractivity contribution in [1.29, 1.82) is 0 Å². The van der Waals surface area contributed by atoms with Gasteiger partial charge in [-0.05, 0) is 42.7 Å². The van der Waals surface area contributed by atoms with Gasteiger partial charge in [0.25, 0.3) is 5.91 Å². The van der Waals surface area contributed by atoms with E-state index >= 15 is 0 Å². The molecule has 1 N–H and O–H groups in total. The van der Waals surface area contributed by atoms with Crippen LogP contribution in [0.15, 0.2) is 48.5 Å². The minimum Gasteiger partial charge on any atom is -0.497 e. The highest BCUT2D eigenvalue weighted by Crippen LogP contribution is 2.27. The smallest absolute Gasteiger partial charge is 0.269 e. The van der Waals surface area contributed by atoms with E-state index in [-0.39, 0.29) is 11.7 Å². The minimum atomic E-state index is -0.325. The van der Waals surface area contributed by atoms with Crippen LogP contribution in [-0.2, 0) is 0 Å². The van der Waals surface area contributed by atoms with E-state index in [1.807, 2.05) is 18.2 Å². The summed E-state index contributed by atoms with van der Waals surface area (Å²) in [6.45, 7) is 1.48. The van der Waals surface area contributed by atoms with Crippen molar-refractivity contribution in [2.45, 2.75) is 6.92 Å². The molecule has 25 heavy (non-hydrogen) atoms. The quantitative estimate of drug-likeness (QED) is 0.708. The summed E-state index contributed by atoms with van der Waals surface area (Å²) in [6.07, 6.45) is 0. The fourth-order valence-corrected chi connectivity index (χ4v) is 2.89. The van der Waals surface area contributed by atoms with Crippen molar-refractivity contribution in [3.63, 3.8) is 0 Å². The number of amides is 1. The summed E-state index contributed by atoms with van der Waals surface area (Å²) in [6, 6.07) is 14.1. The monoisotopic (exact) mass is 353 g/mol. The second-order valence-corrected chi connectivity index (χ2v) is 6.03. The lowest BCUT2D eigenvalue weighted by atomic mass is 10.1. The molecule has 0 atom stereocenters. The highest BCUT2D eigenvalue weighted by Gasteiger charge is 2.18. The summed E-state index contributed by atoms with van der Waals surface area (Å²) in [5.41, 5.74) is 2.32. The molecule has 3 rings (SSSR count). The predicted octanol–water partition coefficient (Wildman–Crippen LogP) is 3.67. The van der Waals surface area contributed by atoms with Gasteiger partial charge in [0.2, 0.25) is 0 Å². The molecule has 0 aliphatic carbocycles. The van der Waals surface area contributed by atoms with Crippen LogP contribution in [-0.4, -0.2) is 28.4 Å². The van der Waals surface area contributed by atoms with Gasteiger partial charge < -0.3 is 10.1 Å². The van der Waals surface area contributed by atoms with Crippen LogP contribution >= 0.6 is 11.5 Å². The molecule has 1 heterocycles. The third-order valence-corrected chi connectivity index (χ3v) is 4.29. The summed E-state index contributed by atoms with van der Waals surface area (Å²) in [4.78, 5) is 24.5. The number of methoxy groups -OCH3 is 1. The lowest BCUT2D eigenvalue weighted by Crippen LogP contribution is -2.12. The van der Waals surface area contributed by atoms with Crippen LogP contribution in [0.2, 0.25) is 0 Å². The van der Waals surface area contributed by atoms with Crippen LogP contribution in [0.25, 0.3) is 11.3 Å². The minimum absolute atomic E-state index is 0.0624. The fraction of sp³-hybridized carbons (Fsp3) is 0.111. The molecule has 0 bridgehead atoms. The SMILES string of the molecule is COc1cccc(-c2nnsc2C(=O)Nc2cccc(C(C)=O)c2)c1. The number of nitrogens with one attached hydrogen (secondary N) is 1. The first-order valence-corrected chi connectivity index (χ1v) is 8.25. The topological polar surface area (TPSA) is 81.2 Å². The van der Waals surface area contributed by atoms with Gasteiger partial charge >= 0.3 is 0 Å². The zero-order valence-corrected chi connectivity index (χ0v) is 14.5. The summed E-state index contributed by atoms with van der Waals surface area (Å²) in [7, 11) is 1.58. The molecular weight excluding hydrogens is 338 g/mol. The Morgan fingerprint density at radius 1 is 1.12 bits per heavy atom. The van der Waals surface area contributed by atoms with Gasteiger partial charge in [-0.2, -0.15) is 0 Å². The summed E-state index contributed by atoms with van der Waals surface area (Å²) >= 11 is 1.01. The number of carbonyl (C=O) groups is 2. The van der Waals surface area contributed by atoms with E-state index in [2.05, 4.69) is 14.9 Å². The van der Waals surface area contributed by atoms with E-state index in [9.17, 15) is 9.59 Å². The van der Waals surface area contributed by atoms with E-state index < -0.39 is 0 Å². The first-order chi connectivity index (χ1) is 12.1. The molecule has 0 fully saturated rings. The second kappa shape index (κ2) is 7.23. The number of ether oxygens (including phenoxy) is 1. The van der Waals surface area contributed by atoms with Crippen molar-refractivity contribution in [1.82, 2.24) is 9.59 Å². The molecule has 6 nitrogen and oxygen atoms in total. The van der Waals surface area contributed by atoms with Crippen molar-refractivity contribution < 1.29 is 14.3 Å². The van der Waals surface area contributed by atoms with Crippen LogP contribution in [0.3, 0.4) is 0 Å². The number of ketones is 1. The van der Waals surface area contributed by atoms with E-state index in [4.69, 9.17) is 4.74 Å². The molecule has 0 saturated carbocycles. The molecule has 2 aromatic carbocycles. The Labute approximate surface area is 148 Å². The maximum atomic E-state index is 12.6. The first kappa shape index (κ1) is 16.8. The number of anilines is 1. The molecule has 0 unspecified atom stereocenters. The Hall–Kier alpha value is -3.06. The van der Waals surface area contributed by atoms with Crippen LogP contribution in [0.4, 0.5) is 5.69 Å². The van der Waals surface area contributed by atoms with Gasteiger partial charge in [-0.25, -0.2) is 0 Å². The molecule has 0 aliphatic heterocycles. The number of rotatable bonds is 5.